The lowest BCUT2D eigenvalue weighted by Gasteiger charge is -2.29. The SMILES string of the molecule is COc1cc(F)ccc1[C@H](N)C1CCNCC1.Cl. The van der Waals surface area contributed by atoms with Gasteiger partial charge < -0.3 is 15.8 Å². The van der Waals surface area contributed by atoms with Crippen molar-refractivity contribution in [2.45, 2.75) is 18.9 Å². The Balaban J connectivity index is 0.00000162. The van der Waals surface area contributed by atoms with Crippen molar-refractivity contribution in [1.82, 2.24) is 5.32 Å². The average molecular weight is 275 g/mol. The Morgan fingerprint density at radius 3 is 2.67 bits per heavy atom. The number of rotatable bonds is 3. The zero-order chi connectivity index (χ0) is 12.3. The van der Waals surface area contributed by atoms with Gasteiger partial charge in [0, 0.05) is 17.7 Å². The predicted octanol–water partition coefficient (Wildman–Crippen LogP) is 2.26. The van der Waals surface area contributed by atoms with E-state index >= 15 is 0 Å². The molecule has 1 atom stereocenters. The van der Waals surface area contributed by atoms with Gasteiger partial charge in [0.1, 0.15) is 11.6 Å². The molecule has 0 aromatic heterocycles. The minimum atomic E-state index is -0.289. The second-order valence-corrected chi connectivity index (χ2v) is 4.50. The number of benzene rings is 1. The van der Waals surface area contributed by atoms with Crippen LogP contribution in [0.2, 0.25) is 0 Å². The summed E-state index contributed by atoms with van der Waals surface area (Å²) in [4.78, 5) is 0. The van der Waals surface area contributed by atoms with Crippen molar-refractivity contribution in [3.63, 3.8) is 0 Å². The van der Waals surface area contributed by atoms with E-state index in [-0.39, 0.29) is 24.3 Å². The van der Waals surface area contributed by atoms with Gasteiger partial charge in [0.05, 0.1) is 7.11 Å². The Hall–Kier alpha value is -0.840. The van der Waals surface area contributed by atoms with Crippen LogP contribution < -0.4 is 15.8 Å². The van der Waals surface area contributed by atoms with E-state index in [2.05, 4.69) is 5.32 Å². The zero-order valence-electron chi connectivity index (χ0n) is 10.5. The minimum absolute atomic E-state index is 0. The van der Waals surface area contributed by atoms with Crippen LogP contribution in [0, 0.1) is 11.7 Å². The Morgan fingerprint density at radius 1 is 1.39 bits per heavy atom. The fourth-order valence-corrected chi connectivity index (χ4v) is 2.42. The van der Waals surface area contributed by atoms with Crippen molar-refractivity contribution in [3.05, 3.63) is 29.6 Å². The van der Waals surface area contributed by atoms with Gasteiger partial charge in [0.15, 0.2) is 0 Å². The van der Waals surface area contributed by atoms with E-state index in [0.29, 0.717) is 11.7 Å². The second-order valence-electron chi connectivity index (χ2n) is 4.50. The van der Waals surface area contributed by atoms with Crippen LogP contribution in [0.3, 0.4) is 0 Å². The highest BCUT2D eigenvalue weighted by molar-refractivity contribution is 5.85. The molecule has 0 unspecified atom stereocenters. The molecule has 1 fully saturated rings. The average Bonchev–Trinajstić information content (AvgIpc) is 2.39. The summed E-state index contributed by atoms with van der Waals surface area (Å²) in [6.07, 6.45) is 2.11. The third kappa shape index (κ3) is 3.34. The summed E-state index contributed by atoms with van der Waals surface area (Å²) >= 11 is 0. The topological polar surface area (TPSA) is 47.3 Å². The van der Waals surface area contributed by atoms with Crippen LogP contribution >= 0.6 is 12.4 Å². The molecule has 0 amide bonds. The van der Waals surface area contributed by atoms with E-state index in [1.54, 1.807) is 13.2 Å². The van der Waals surface area contributed by atoms with Crippen molar-refractivity contribution in [2.75, 3.05) is 20.2 Å². The number of nitrogens with two attached hydrogens (primary N) is 1. The third-order valence-corrected chi connectivity index (χ3v) is 3.45. The molecule has 1 aromatic carbocycles. The highest BCUT2D eigenvalue weighted by atomic mass is 35.5. The smallest absolute Gasteiger partial charge is 0.126 e. The van der Waals surface area contributed by atoms with Gasteiger partial charge in [0.2, 0.25) is 0 Å². The molecule has 0 saturated carbocycles. The van der Waals surface area contributed by atoms with Gasteiger partial charge in [0.25, 0.3) is 0 Å². The van der Waals surface area contributed by atoms with Crippen molar-refractivity contribution in [3.8, 4) is 5.75 Å². The molecule has 0 aliphatic carbocycles. The molecule has 1 heterocycles. The molecule has 1 aliphatic rings. The van der Waals surface area contributed by atoms with Crippen LogP contribution in [0.1, 0.15) is 24.4 Å². The Labute approximate surface area is 113 Å². The van der Waals surface area contributed by atoms with Crippen LogP contribution in [0.25, 0.3) is 0 Å². The molecule has 18 heavy (non-hydrogen) atoms. The van der Waals surface area contributed by atoms with Crippen LogP contribution in [0.4, 0.5) is 4.39 Å². The molecule has 0 spiro atoms. The van der Waals surface area contributed by atoms with Crippen LogP contribution in [0.5, 0.6) is 5.75 Å². The molecular formula is C13H20ClFN2O. The summed E-state index contributed by atoms with van der Waals surface area (Å²) < 4.78 is 18.3. The van der Waals surface area contributed by atoms with Gasteiger partial charge >= 0.3 is 0 Å². The van der Waals surface area contributed by atoms with Gasteiger partial charge in [-0.2, -0.15) is 0 Å². The van der Waals surface area contributed by atoms with Crippen molar-refractivity contribution < 1.29 is 9.13 Å². The summed E-state index contributed by atoms with van der Waals surface area (Å²) in [7, 11) is 1.55. The van der Waals surface area contributed by atoms with E-state index in [1.165, 1.54) is 12.1 Å². The summed E-state index contributed by atoms with van der Waals surface area (Å²) in [5.74, 6) is 0.703. The lowest BCUT2D eigenvalue weighted by molar-refractivity contribution is 0.313. The van der Waals surface area contributed by atoms with Crippen molar-refractivity contribution >= 4 is 12.4 Å². The normalized spacial score (nSPS) is 17.9. The maximum Gasteiger partial charge on any atom is 0.126 e. The molecule has 0 radical (unpaired) electrons. The van der Waals surface area contributed by atoms with Crippen molar-refractivity contribution in [2.24, 2.45) is 11.7 Å². The van der Waals surface area contributed by atoms with Crippen LogP contribution in [-0.2, 0) is 0 Å². The Morgan fingerprint density at radius 2 is 2.06 bits per heavy atom. The largest absolute Gasteiger partial charge is 0.496 e. The molecule has 1 saturated heterocycles. The molecule has 0 bridgehead atoms. The minimum Gasteiger partial charge on any atom is -0.496 e. The molecular weight excluding hydrogens is 255 g/mol. The number of ether oxygens (including phenoxy) is 1. The fourth-order valence-electron chi connectivity index (χ4n) is 2.42. The number of nitrogens with one attached hydrogen (secondary N) is 1. The van der Waals surface area contributed by atoms with E-state index < -0.39 is 0 Å². The fraction of sp³-hybridized carbons (Fsp3) is 0.538. The van der Waals surface area contributed by atoms with Gasteiger partial charge in [-0.15, -0.1) is 12.4 Å². The molecule has 1 aromatic rings. The lowest BCUT2D eigenvalue weighted by atomic mass is 9.86. The van der Waals surface area contributed by atoms with Crippen LogP contribution in [-0.4, -0.2) is 20.2 Å². The summed E-state index contributed by atoms with van der Waals surface area (Å²) in [6.45, 7) is 2.00. The Kier molecular flexibility index (Phi) is 5.85. The lowest BCUT2D eigenvalue weighted by Crippen LogP contribution is -2.33. The number of hydrogen-bond donors (Lipinski definition) is 2. The number of halogens is 2. The maximum atomic E-state index is 13.1. The first-order chi connectivity index (χ1) is 8.22. The standard InChI is InChI=1S/C13H19FN2O.ClH/c1-17-12-8-10(14)2-3-11(12)13(15)9-4-6-16-7-5-9;/h2-3,8-9,13,16H,4-7,15H2,1H3;1H/t13-;/m1./s1. The van der Waals surface area contributed by atoms with Gasteiger partial charge in [-0.3, -0.25) is 0 Å². The number of piperidine rings is 1. The molecule has 3 N–H and O–H groups in total. The van der Waals surface area contributed by atoms with E-state index in [9.17, 15) is 4.39 Å². The predicted molar refractivity (Wildman–Crippen MR) is 72.7 cm³/mol. The summed E-state index contributed by atoms with van der Waals surface area (Å²) in [6, 6.07) is 4.50. The monoisotopic (exact) mass is 274 g/mol. The van der Waals surface area contributed by atoms with E-state index in [4.69, 9.17) is 10.5 Å². The molecule has 3 nitrogen and oxygen atoms in total. The molecule has 2 rings (SSSR count). The van der Waals surface area contributed by atoms with E-state index in [1.807, 2.05) is 0 Å². The van der Waals surface area contributed by atoms with Gasteiger partial charge in [-0.25, -0.2) is 4.39 Å². The number of hydrogen-bond acceptors (Lipinski definition) is 3. The van der Waals surface area contributed by atoms with Gasteiger partial charge in [-0.1, -0.05) is 6.07 Å². The second kappa shape index (κ2) is 6.92. The highest BCUT2D eigenvalue weighted by Crippen LogP contribution is 2.32. The van der Waals surface area contributed by atoms with Crippen LogP contribution in [0.15, 0.2) is 18.2 Å². The third-order valence-electron chi connectivity index (χ3n) is 3.45. The Bertz CT molecular complexity index is 383. The molecule has 5 heteroatoms. The highest BCUT2D eigenvalue weighted by Gasteiger charge is 2.24. The summed E-state index contributed by atoms with van der Waals surface area (Å²) in [5.41, 5.74) is 7.17. The quantitative estimate of drug-likeness (QED) is 0.889. The summed E-state index contributed by atoms with van der Waals surface area (Å²) in [5, 5.41) is 3.31. The zero-order valence-corrected chi connectivity index (χ0v) is 11.3. The molecule has 1 aliphatic heterocycles. The first-order valence-corrected chi connectivity index (χ1v) is 6.02. The number of methoxy groups -OCH3 is 1. The first kappa shape index (κ1) is 15.2. The van der Waals surface area contributed by atoms with E-state index in [0.717, 1.165) is 31.5 Å². The maximum absolute atomic E-state index is 13.1. The molecule has 102 valence electrons. The van der Waals surface area contributed by atoms with Crippen molar-refractivity contribution in [1.29, 1.82) is 0 Å². The van der Waals surface area contributed by atoms with Gasteiger partial charge in [-0.05, 0) is 37.9 Å². The first-order valence-electron chi connectivity index (χ1n) is 6.02.